The summed E-state index contributed by atoms with van der Waals surface area (Å²) >= 11 is 7.21. The van der Waals surface area contributed by atoms with Crippen LogP contribution in [-0.2, 0) is 27.9 Å². The molecule has 1 heterocycles. The molecule has 0 radical (unpaired) electrons. The third-order valence-electron chi connectivity index (χ3n) is 5.08. The van der Waals surface area contributed by atoms with Crippen molar-refractivity contribution in [2.45, 2.75) is 43.9 Å². The predicted octanol–water partition coefficient (Wildman–Crippen LogP) is 4.15. The van der Waals surface area contributed by atoms with Crippen molar-refractivity contribution in [3.05, 3.63) is 53.1 Å². The van der Waals surface area contributed by atoms with E-state index in [1.807, 2.05) is 37.5 Å². The van der Waals surface area contributed by atoms with E-state index in [4.69, 9.17) is 11.6 Å². The molecular weight excluding hydrogens is 468 g/mol. The first kappa shape index (κ1) is 24.6. The highest BCUT2D eigenvalue weighted by atomic mass is 35.5. The molecule has 0 spiro atoms. The van der Waals surface area contributed by atoms with E-state index in [1.165, 1.54) is 16.1 Å². The fourth-order valence-corrected chi connectivity index (χ4v) is 5.87. The Bertz CT molecular complexity index is 1190. The van der Waals surface area contributed by atoms with Gasteiger partial charge in [0.1, 0.15) is 0 Å². The Hall–Kier alpha value is -2.07. The molecule has 1 amide bonds. The molecule has 0 aliphatic rings. The Kier molecular flexibility index (Phi) is 8.21. The number of halogens is 1. The number of imidazole rings is 1. The molecule has 0 fully saturated rings. The number of nitrogens with one attached hydrogen (secondary N) is 1. The summed E-state index contributed by atoms with van der Waals surface area (Å²) in [7, 11) is -3.56. The van der Waals surface area contributed by atoms with Crippen LogP contribution in [0.25, 0.3) is 11.0 Å². The van der Waals surface area contributed by atoms with Gasteiger partial charge in [0.15, 0.2) is 5.16 Å². The van der Waals surface area contributed by atoms with Gasteiger partial charge >= 0.3 is 0 Å². The summed E-state index contributed by atoms with van der Waals surface area (Å²) in [5, 5.41) is 4.23. The molecule has 0 saturated carbocycles. The highest BCUT2D eigenvalue weighted by Gasteiger charge is 2.23. The molecule has 0 atom stereocenters. The van der Waals surface area contributed by atoms with Crippen LogP contribution in [0.5, 0.6) is 0 Å². The number of aromatic nitrogens is 2. The fraction of sp³-hybridized carbons (Fsp3) is 0.364. The van der Waals surface area contributed by atoms with Gasteiger partial charge < -0.3 is 9.88 Å². The zero-order valence-electron chi connectivity index (χ0n) is 18.3. The topological polar surface area (TPSA) is 84.3 Å². The van der Waals surface area contributed by atoms with Gasteiger partial charge in [0.2, 0.25) is 15.9 Å². The molecular formula is C22H27ClN4O3S2. The standard InChI is InChI=1S/C22H27ClN4O3S2/c1-4-26(5-2)32(29,30)18-11-12-20-19(13-18)25-22(27(20)6-3)31-15-21(28)24-14-16-7-9-17(23)10-8-16/h7-13H,4-6,14-15H2,1-3H3,(H,24,28). The normalized spacial score (nSPS) is 11.9. The van der Waals surface area contributed by atoms with Gasteiger partial charge in [-0.2, -0.15) is 4.31 Å². The van der Waals surface area contributed by atoms with E-state index < -0.39 is 10.0 Å². The molecule has 7 nitrogen and oxygen atoms in total. The zero-order valence-corrected chi connectivity index (χ0v) is 20.7. The van der Waals surface area contributed by atoms with E-state index in [0.717, 1.165) is 11.1 Å². The van der Waals surface area contributed by atoms with Gasteiger partial charge in [-0.05, 0) is 42.8 Å². The number of thioether (sulfide) groups is 1. The highest BCUT2D eigenvalue weighted by molar-refractivity contribution is 7.99. The molecule has 3 rings (SSSR count). The summed E-state index contributed by atoms with van der Waals surface area (Å²) in [6.45, 7) is 7.53. The Morgan fingerprint density at radius 3 is 2.44 bits per heavy atom. The van der Waals surface area contributed by atoms with Crippen molar-refractivity contribution in [1.82, 2.24) is 19.2 Å². The van der Waals surface area contributed by atoms with E-state index in [1.54, 1.807) is 30.3 Å². The minimum atomic E-state index is -3.56. The number of benzene rings is 2. The highest BCUT2D eigenvalue weighted by Crippen LogP contribution is 2.27. The van der Waals surface area contributed by atoms with Gasteiger partial charge in [0.05, 0.1) is 21.7 Å². The van der Waals surface area contributed by atoms with Crippen LogP contribution in [0.2, 0.25) is 5.02 Å². The number of sulfonamides is 1. The quantitative estimate of drug-likeness (QED) is 0.428. The van der Waals surface area contributed by atoms with Crippen molar-refractivity contribution < 1.29 is 13.2 Å². The number of carbonyl (C=O) groups excluding carboxylic acids is 1. The van der Waals surface area contributed by atoms with E-state index >= 15 is 0 Å². The minimum Gasteiger partial charge on any atom is -0.351 e. The third-order valence-corrected chi connectivity index (χ3v) is 8.35. The average molecular weight is 495 g/mol. The molecule has 0 aliphatic carbocycles. The Morgan fingerprint density at radius 2 is 1.81 bits per heavy atom. The molecule has 0 saturated heterocycles. The van der Waals surface area contributed by atoms with E-state index in [9.17, 15) is 13.2 Å². The summed E-state index contributed by atoms with van der Waals surface area (Å²) in [6, 6.07) is 12.3. The Labute approximate surface area is 198 Å². The van der Waals surface area contributed by atoms with Crippen LogP contribution in [0.1, 0.15) is 26.3 Å². The molecule has 0 aliphatic heterocycles. The van der Waals surface area contributed by atoms with Crippen molar-refractivity contribution in [3.63, 3.8) is 0 Å². The van der Waals surface area contributed by atoms with Crippen molar-refractivity contribution in [2.75, 3.05) is 18.8 Å². The Morgan fingerprint density at radius 1 is 1.12 bits per heavy atom. The molecule has 1 aromatic heterocycles. The lowest BCUT2D eigenvalue weighted by Crippen LogP contribution is -2.30. The average Bonchev–Trinajstić information content (AvgIpc) is 3.14. The van der Waals surface area contributed by atoms with Gasteiger partial charge in [-0.1, -0.05) is 49.3 Å². The predicted molar refractivity (Wildman–Crippen MR) is 130 cm³/mol. The van der Waals surface area contributed by atoms with E-state index in [2.05, 4.69) is 10.3 Å². The van der Waals surface area contributed by atoms with Crippen LogP contribution >= 0.6 is 23.4 Å². The number of fused-ring (bicyclic) bond motifs is 1. The molecule has 32 heavy (non-hydrogen) atoms. The van der Waals surface area contributed by atoms with Crippen LogP contribution in [-0.4, -0.2) is 47.0 Å². The maximum atomic E-state index is 12.8. The lowest BCUT2D eigenvalue weighted by atomic mass is 10.2. The molecule has 1 N–H and O–H groups in total. The number of hydrogen-bond acceptors (Lipinski definition) is 5. The fourth-order valence-electron chi connectivity index (χ4n) is 3.36. The van der Waals surface area contributed by atoms with Gasteiger partial charge in [0.25, 0.3) is 0 Å². The summed E-state index contributed by atoms with van der Waals surface area (Å²) in [5.74, 6) is 0.103. The van der Waals surface area contributed by atoms with E-state index in [0.29, 0.717) is 41.9 Å². The van der Waals surface area contributed by atoms with Gasteiger partial charge in [-0.15, -0.1) is 0 Å². The summed E-state index contributed by atoms with van der Waals surface area (Å²) in [5.41, 5.74) is 2.41. The lowest BCUT2D eigenvalue weighted by Gasteiger charge is -2.18. The summed E-state index contributed by atoms with van der Waals surface area (Å²) < 4.78 is 29.1. The van der Waals surface area contributed by atoms with Crippen LogP contribution in [0, 0.1) is 0 Å². The van der Waals surface area contributed by atoms with Gasteiger partial charge in [-0.3, -0.25) is 4.79 Å². The lowest BCUT2D eigenvalue weighted by molar-refractivity contribution is -0.118. The third kappa shape index (κ3) is 5.46. The smallest absolute Gasteiger partial charge is 0.243 e. The number of carbonyl (C=O) groups is 1. The monoisotopic (exact) mass is 494 g/mol. The Balaban J connectivity index is 1.73. The second kappa shape index (κ2) is 10.7. The maximum absolute atomic E-state index is 12.8. The SMILES string of the molecule is CCN(CC)S(=O)(=O)c1ccc2c(c1)nc(SCC(=O)NCc1ccc(Cl)cc1)n2CC. The van der Waals surface area contributed by atoms with Gasteiger partial charge in [0, 0.05) is 31.2 Å². The molecule has 2 aromatic carbocycles. The van der Waals surface area contributed by atoms with Crippen LogP contribution in [0.4, 0.5) is 0 Å². The van der Waals surface area contributed by atoms with Crippen molar-refractivity contribution in [1.29, 1.82) is 0 Å². The van der Waals surface area contributed by atoms with Crippen molar-refractivity contribution >= 4 is 50.3 Å². The van der Waals surface area contributed by atoms with Crippen molar-refractivity contribution in [2.24, 2.45) is 0 Å². The number of nitrogens with zero attached hydrogens (tertiary/aromatic N) is 3. The number of amides is 1. The molecule has 0 unspecified atom stereocenters. The minimum absolute atomic E-state index is 0.107. The second-order valence-corrected chi connectivity index (χ2v) is 10.4. The van der Waals surface area contributed by atoms with Gasteiger partial charge in [-0.25, -0.2) is 13.4 Å². The zero-order chi connectivity index (χ0) is 23.3. The van der Waals surface area contributed by atoms with Crippen LogP contribution < -0.4 is 5.32 Å². The number of hydrogen-bond donors (Lipinski definition) is 1. The van der Waals surface area contributed by atoms with Crippen LogP contribution in [0.15, 0.2) is 52.5 Å². The number of aryl methyl sites for hydroxylation is 1. The van der Waals surface area contributed by atoms with Crippen molar-refractivity contribution in [3.8, 4) is 0 Å². The molecule has 3 aromatic rings. The molecule has 0 bridgehead atoms. The first-order valence-electron chi connectivity index (χ1n) is 10.4. The number of rotatable bonds is 10. The molecule has 10 heteroatoms. The molecule has 172 valence electrons. The summed E-state index contributed by atoms with van der Waals surface area (Å²) in [4.78, 5) is 17.2. The summed E-state index contributed by atoms with van der Waals surface area (Å²) in [6.07, 6.45) is 0. The first-order valence-corrected chi connectivity index (χ1v) is 13.2. The maximum Gasteiger partial charge on any atom is 0.243 e. The first-order chi connectivity index (χ1) is 15.3. The van der Waals surface area contributed by atoms with Crippen LogP contribution in [0.3, 0.4) is 0 Å². The largest absolute Gasteiger partial charge is 0.351 e. The van der Waals surface area contributed by atoms with E-state index in [-0.39, 0.29) is 16.6 Å². The second-order valence-electron chi connectivity index (χ2n) is 7.07.